The van der Waals surface area contributed by atoms with E-state index in [1.165, 1.54) is 5.56 Å². The van der Waals surface area contributed by atoms with E-state index in [2.05, 4.69) is 17.0 Å². The Bertz CT molecular complexity index is 910. The Morgan fingerprint density at radius 2 is 1.97 bits per heavy atom. The second-order valence-electron chi connectivity index (χ2n) is 7.98. The van der Waals surface area contributed by atoms with E-state index in [1.807, 2.05) is 30.3 Å². The van der Waals surface area contributed by atoms with Crippen LogP contribution in [0.1, 0.15) is 29.5 Å². The van der Waals surface area contributed by atoms with Gasteiger partial charge in [-0.2, -0.15) is 0 Å². The third kappa shape index (κ3) is 4.85. The molecule has 5 heteroatoms. The number of halogens is 1. The molecule has 29 heavy (non-hydrogen) atoms. The molecule has 0 radical (unpaired) electrons. The third-order valence-corrected chi connectivity index (χ3v) is 5.73. The number of nitrogens with zero attached hydrogens (tertiary/aromatic N) is 1. The lowest BCUT2D eigenvalue weighted by molar-refractivity contribution is -0.141. The van der Waals surface area contributed by atoms with E-state index >= 15 is 0 Å². The number of hydrogen-bond acceptors (Lipinski definition) is 3. The zero-order valence-corrected chi connectivity index (χ0v) is 16.4. The fourth-order valence-electron chi connectivity index (χ4n) is 4.16. The maximum absolute atomic E-state index is 14.7. The number of benzene rings is 2. The van der Waals surface area contributed by atoms with Gasteiger partial charge in [-0.1, -0.05) is 30.3 Å². The Morgan fingerprint density at radius 3 is 2.72 bits per heavy atom. The van der Waals surface area contributed by atoms with Gasteiger partial charge in [0.1, 0.15) is 18.2 Å². The fraction of sp³-hybridized carbons (Fsp3) is 0.375. The summed E-state index contributed by atoms with van der Waals surface area (Å²) >= 11 is 0. The second-order valence-corrected chi connectivity index (χ2v) is 7.98. The summed E-state index contributed by atoms with van der Waals surface area (Å²) in [7, 11) is 0. The minimum atomic E-state index is -0.738. The molecule has 1 atom stereocenters. The van der Waals surface area contributed by atoms with Crippen molar-refractivity contribution in [1.82, 2.24) is 4.90 Å². The summed E-state index contributed by atoms with van der Waals surface area (Å²) in [6.07, 6.45) is 5.28. The van der Waals surface area contributed by atoms with E-state index in [0.29, 0.717) is 37.4 Å². The summed E-state index contributed by atoms with van der Waals surface area (Å²) in [5.74, 6) is -0.687. The van der Waals surface area contributed by atoms with Gasteiger partial charge in [0.05, 0.1) is 11.5 Å². The topological polar surface area (TPSA) is 49.8 Å². The number of rotatable bonds is 7. The molecular weight excluding hydrogens is 369 g/mol. The van der Waals surface area contributed by atoms with Crippen molar-refractivity contribution in [2.24, 2.45) is 5.92 Å². The molecule has 2 heterocycles. The molecule has 2 aliphatic heterocycles. The van der Waals surface area contributed by atoms with Gasteiger partial charge >= 0.3 is 5.97 Å². The smallest absolute Gasteiger partial charge is 0.307 e. The van der Waals surface area contributed by atoms with E-state index < -0.39 is 5.97 Å². The van der Waals surface area contributed by atoms with Crippen LogP contribution in [0.4, 0.5) is 4.39 Å². The van der Waals surface area contributed by atoms with Crippen molar-refractivity contribution < 1.29 is 19.0 Å². The molecule has 0 amide bonds. The van der Waals surface area contributed by atoms with Crippen LogP contribution in [-0.4, -0.2) is 42.2 Å². The van der Waals surface area contributed by atoms with Gasteiger partial charge in [0.2, 0.25) is 0 Å². The Morgan fingerprint density at radius 1 is 1.17 bits per heavy atom. The Labute approximate surface area is 170 Å². The van der Waals surface area contributed by atoms with Crippen LogP contribution < -0.4 is 4.74 Å². The summed E-state index contributed by atoms with van der Waals surface area (Å²) in [5, 5.41) is 9.14. The molecule has 0 bridgehead atoms. The highest BCUT2D eigenvalue weighted by Crippen LogP contribution is 2.31. The first kappa shape index (κ1) is 19.6. The first-order valence-corrected chi connectivity index (χ1v) is 10.2. The third-order valence-electron chi connectivity index (χ3n) is 5.73. The summed E-state index contributed by atoms with van der Waals surface area (Å²) < 4.78 is 20.6. The van der Waals surface area contributed by atoms with Crippen molar-refractivity contribution in [3.63, 3.8) is 0 Å². The molecule has 1 fully saturated rings. The molecule has 0 aliphatic carbocycles. The molecule has 2 aliphatic rings. The zero-order valence-electron chi connectivity index (χ0n) is 16.4. The average Bonchev–Trinajstić information content (AvgIpc) is 3.18. The quantitative estimate of drug-likeness (QED) is 0.764. The highest BCUT2D eigenvalue weighted by molar-refractivity contribution is 5.70. The first-order chi connectivity index (χ1) is 14.1. The number of carbonyl (C=O) groups is 1. The fourth-order valence-corrected chi connectivity index (χ4v) is 4.16. The highest BCUT2D eigenvalue weighted by Gasteiger charge is 2.29. The van der Waals surface area contributed by atoms with Crippen LogP contribution in [0.3, 0.4) is 0 Å². The number of carboxylic acids is 1. The van der Waals surface area contributed by atoms with Crippen LogP contribution in [0.2, 0.25) is 0 Å². The Kier molecular flexibility index (Phi) is 5.95. The van der Waals surface area contributed by atoms with Crippen molar-refractivity contribution in [3.05, 3.63) is 70.5 Å². The lowest BCUT2D eigenvalue weighted by Gasteiger charge is -2.23. The predicted octanol–water partition coefficient (Wildman–Crippen LogP) is 4.18. The SMILES string of the molecule is O=C(O)C1CCN(CC2=Cc3c(F)cc(CCCc4ccccc4)cc3OC2)C1. The average molecular weight is 395 g/mol. The molecule has 152 valence electrons. The molecular formula is C24H26FNO3. The highest BCUT2D eigenvalue weighted by atomic mass is 19.1. The van der Waals surface area contributed by atoms with Gasteiger partial charge in [-0.3, -0.25) is 9.69 Å². The molecule has 0 aromatic heterocycles. The zero-order chi connectivity index (χ0) is 20.2. The van der Waals surface area contributed by atoms with Crippen LogP contribution >= 0.6 is 0 Å². The van der Waals surface area contributed by atoms with Crippen LogP contribution in [0.15, 0.2) is 48.0 Å². The Balaban J connectivity index is 1.38. The number of carboxylic acid groups (broad SMARTS) is 1. The molecule has 1 unspecified atom stereocenters. The van der Waals surface area contributed by atoms with Crippen molar-refractivity contribution >= 4 is 12.0 Å². The van der Waals surface area contributed by atoms with E-state index in [1.54, 1.807) is 6.07 Å². The van der Waals surface area contributed by atoms with Gasteiger partial charge in [-0.25, -0.2) is 4.39 Å². The molecule has 4 rings (SSSR count). The molecule has 0 spiro atoms. The minimum Gasteiger partial charge on any atom is -0.488 e. The monoisotopic (exact) mass is 395 g/mol. The second kappa shape index (κ2) is 8.78. The summed E-state index contributed by atoms with van der Waals surface area (Å²) in [6.45, 7) is 2.35. The molecule has 2 aromatic carbocycles. The van der Waals surface area contributed by atoms with E-state index in [-0.39, 0.29) is 11.7 Å². The van der Waals surface area contributed by atoms with E-state index in [9.17, 15) is 9.18 Å². The van der Waals surface area contributed by atoms with Gasteiger partial charge in [-0.05, 0) is 67.1 Å². The number of hydrogen-bond donors (Lipinski definition) is 1. The molecule has 1 saturated heterocycles. The van der Waals surface area contributed by atoms with Crippen molar-refractivity contribution in [3.8, 4) is 5.75 Å². The molecule has 1 N–H and O–H groups in total. The van der Waals surface area contributed by atoms with E-state index in [4.69, 9.17) is 9.84 Å². The standard InChI is InChI=1S/C24H26FNO3/c25-22-12-18(8-4-7-17-5-2-1-3-6-17)13-23-21(22)11-19(16-29-23)14-26-10-9-20(15-26)24(27)28/h1-3,5-6,11-13,20H,4,7-10,14-16H2,(H,27,28). The predicted molar refractivity (Wildman–Crippen MR) is 111 cm³/mol. The maximum atomic E-state index is 14.7. The van der Waals surface area contributed by atoms with Crippen LogP contribution in [0, 0.1) is 11.7 Å². The number of likely N-dealkylation sites (tertiary alicyclic amines) is 1. The number of aryl methyl sites for hydroxylation is 2. The Hall–Kier alpha value is -2.66. The van der Waals surface area contributed by atoms with Crippen LogP contribution in [0.25, 0.3) is 6.08 Å². The van der Waals surface area contributed by atoms with Crippen molar-refractivity contribution in [1.29, 1.82) is 0 Å². The number of aliphatic carboxylic acids is 1. The maximum Gasteiger partial charge on any atom is 0.307 e. The van der Waals surface area contributed by atoms with Gasteiger partial charge < -0.3 is 9.84 Å². The number of ether oxygens (including phenoxy) is 1. The molecule has 2 aromatic rings. The lowest BCUT2D eigenvalue weighted by Crippen LogP contribution is -2.27. The van der Waals surface area contributed by atoms with Crippen LogP contribution in [-0.2, 0) is 17.6 Å². The van der Waals surface area contributed by atoms with Crippen molar-refractivity contribution in [2.75, 3.05) is 26.2 Å². The van der Waals surface area contributed by atoms with E-state index in [0.717, 1.165) is 36.9 Å². The van der Waals surface area contributed by atoms with Crippen molar-refractivity contribution in [2.45, 2.75) is 25.7 Å². The molecule has 0 saturated carbocycles. The summed E-state index contributed by atoms with van der Waals surface area (Å²) in [4.78, 5) is 13.2. The van der Waals surface area contributed by atoms with Gasteiger partial charge in [-0.15, -0.1) is 0 Å². The summed E-state index contributed by atoms with van der Waals surface area (Å²) in [6, 6.07) is 13.9. The largest absolute Gasteiger partial charge is 0.488 e. The minimum absolute atomic E-state index is 0.251. The normalized spacial score (nSPS) is 18.8. The van der Waals surface area contributed by atoms with Crippen LogP contribution in [0.5, 0.6) is 5.75 Å². The van der Waals surface area contributed by atoms with Gasteiger partial charge in [0, 0.05) is 13.1 Å². The summed E-state index contributed by atoms with van der Waals surface area (Å²) in [5.41, 5.74) is 3.74. The molecule has 4 nitrogen and oxygen atoms in total. The first-order valence-electron chi connectivity index (χ1n) is 10.2. The lowest BCUT2D eigenvalue weighted by atomic mass is 10.00. The van der Waals surface area contributed by atoms with Gasteiger partial charge in [0.25, 0.3) is 0 Å². The van der Waals surface area contributed by atoms with Gasteiger partial charge in [0.15, 0.2) is 0 Å². The number of fused-ring (bicyclic) bond motifs is 1.